The molecule has 0 saturated heterocycles. The minimum atomic E-state index is -0.0145. The summed E-state index contributed by atoms with van der Waals surface area (Å²) in [4.78, 5) is 18.7. The van der Waals surface area contributed by atoms with Crippen LogP contribution in [-0.2, 0) is 17.8 Å². The third-order valence-electron chi connectivity index (χ3n) is 6.69. The lowest BCUT2D eigenvalue weighted by Crippen LogP contribution is -2.39. The van der Waals surface area contributed by atoms with E-state index in [0.717, 1.165) is 47.1 Å². The average molecular weight is 439 g/mol. The number of methoxy groups -OCH3 is 1. The van der Waals surface area contributed by atoms with Crippen molar-refractivity contribution in [2.75, 3.05) is 13.7 Å². The Morgan fingerprint density at radius 2 is 2.03 bits per heavy atom. The molecule has 1 fully saturated rings. The molecule has 0 aliphatic heterocycles. The standard InChI is InChI=1S/C24H34N6O2/c1-5-22(23-26-27-28-30(23)10-11-32-4)29(19-8-6-7-9-19)15-18-14-20-17(3)12-16(2)13-21(20)25-24(18)31/h12-14,19,22H,5-11,15H2,1-4H3,(H,25,31)/t22-/m1/s1. The number of nitrogens with zero attached hydrogens (tertiary/aromatic N) is 5. The Balaban J connectivity index is 1.72. The largest absolute Gasteiger partial charge is 0.383 e. The Labute approximate surface area is 189 Å². The quantitative estimate of drug-likeness (QED) is 0.548. The van der Waals surface area contributed by atoms with E-state index in [0.29, 0.717) is 25.7 Å². The number of tetrazole rings is 1. The van der Waals surface area contributed by atoms with Gasteiger partial charge in [-0.05, 0) is 66.8 Å². The first-order valence-corrected chi connectivity index (χ1v) is 11.7. The predicted molar refractivity (Wildman–Crippen MR) is 125 cm³/mol. The van der Waals surface area contributed by atoms with Crippen LogP contribution in [0.2, 0.25) is 0 Å². The smallest absolute Gasteiger partial charge is 0.252 e. The van der Waals surface area contributed by atoms with Crippen molar-refractivity contribution < 1.29 is 4.74 Å². The fraction of sp³-hybridized carbons (Fsp3) is 0.583. The van der Waals surface area contributed by atoms with Crippen LogP contribution in [0, 0.1) is 13.8 Å². The molecule has 1 aromatic carbocycles. The van der Waals surface area contributed by atoms with E-state index in [2.05, 4.69) is 58.3 Å². The van der Waals surface area contributed by atoms with E-state index in [1.54, 1.807) is 7.11 Å². The average Bonchev–Trinajstić information content (AvgIpc) is 3.45. The first-order valence-electron chi connectivity index (χ1n) is 11.7. The lowest BCUT2D eigenvalue weighted by molar-refractivity contribution is 0.109. The summed E-state index contributed by atoms with van der Waals surface area (Å²) in [6, 6.07) is 6.74. The van der Waals surface area contributed by atoms with Crippen LogP contribution in [-0.4, -0.2) is 49.8 Å². The summed E-state index contributed by atoms with van der Waals surface area (Å²) < 4.78 is 7.08. The van der Waals surface area contributed by atoms with Crippen molar-refractivity contribution in [3.63, 3.8) is 0 Å². The Morgan fingerprint density at radius 1 is 1.25 bits per heavy atom. The highest BCUT2D eigenvalue weighted by Gasteiger charge is 2.32. The highest BCUT2D eigenvalue weighted by atomic mass is 16.5. The summed E-state index contributed by atoms with van der Waals surface area (Å²) in [5.74, 6) is 0.848. The maximum absolute atomic E-state index is 13.1. The number of rotatable bonds is 9. The Morgan fingerprint density at radius 3 is 2.75 bits per heavy atom. The molecule has 3 aromatic rings. The maximum Gasteiger partial charge on any atom is 0.252 e. The summed E-state index contributed by atoms with van der Waals surface area (Å²) in [7, 11) is 1.68. The van der Waals surface area contributed by atoms with Gasteiger partial charge in [0, 0.05) is 36.2 Å². The van der Waals surface area contributed by atoms with Crippen LogP contribution >= 0.6 is 0 Å². The highest BCUT2D eigenvalue weighted by molar-refractivity contribution is 5.83. The zero-order valence-electron chi connectivity index (χ0n) is 19.6. The van der Waals surface area contributed by atoms with E-state index >= 15 is 0 Å². The molecular weight excluding hydrogens is 404 g/mol. The van der Waals surface area contributed by atoms with Crippen LogP contribution in [0.1, 0.15) is 67.6 Å². The number of benzene rings is 1. The van der Waals surface area contributed by atoms with Crippen molar-refractivity contribution in [2.45, 2.75) is 78.0 Å². The fourth-order valence-corrected chi connectivity index (χ4v) is 5.11. The lowest BCUT2D eigenvalue weighted by Gasteiger charge is -2.35. The van der Waals surface area contributed by atoms with Crippen LogP contribution in [0.4, 0.5) is 0 Å². The molecule has 0 spiro atoms. The molecule has 1 aliphatic carbocycles. The molecule has 8 nitrogen and oxygen atoms in total. The number of aromatic amines is 1. The minimum absolute atomic E-state index is 0.0145. The molecule has 0 unspecified atom stereocenters. The van der Waals surface area contributed by atoms with Crippen molar-refractivity contribution in [3.05, 3.63) is 51.1 Å². The number of ether oxygens (including phenoxy) is 1. The number of fused-ring (bicyclic) bond motifs is 1. The van der Waals surface area contributed by atoms with Gasteiger partial charge in [0.15, 0.2) is 5.82 Å². The minimum Gasteiger partial charge on any atom is -0.383 e. The van der Waals surface area contributed by atoms with Crippen LogP contribution in [0.5, 0.6) is 0 Å². The molecule has 1 N–H and O–H groups in total. The van der Waals surface area contributed by atoms with Gasteiger partial charge < -0.3 is 9.72 Å². The second-order valence-electron chi connectivity index (χ2n) is 8.95. The molecular formula is C24H34N6O2. The number of pyridine rings is 1. The Hall–Kier alpha value is -2.58. The third-order valence-corrected chi connectivity index (χ3v) is 6.69. The number of nitrogens with one attached hydrogen (secondary N) is 1. The molecule has 8 heteroatoms. The summed E-state index contributed by atoms with van der Waals surface area (Å²) in [5.41, 5.74) is 4.02. The van der Waals surface area contributed by atoms with Gasteiger partial charge in [-0.1, -0.05) is 25.8 Å². The van der Waals surface area contributed by atoms with Gasteiger partial charge in [0.05, 0.1) is 19.2 Å². The summed E-state index contributed by atoms with van der Waals surface area (Å²) in [5, 5.41) is 13.6. The fourth-order valence-electron chi connectivity index (χ4n) is 5.11. The van der Waals surface area contributed by atoms with Gasteiger partial charge >= 0.3 is 0 Å². The highest BCUT2D eigenvalue weighted by Crippen LogP contribution is 2.33. The predicted octanol–water partition coefficient (Wildman–Crippen LogP) is 3.67. The number of hydrogen-bond donors (Lipinski definition) is 1. The Kier molecular flexibility index (Phi) is 7.01. The lowest BCUT2D eigenvalue weighted by atomic mass is 10.0. The zero-order valence-corrected chi connectivity index (χ0v) is 19.6. The number of aromatic nitrogens is 5. The second kappa shape index (κ2) is 9.92. The van der Waals surface area contributed by atoms with E-state index in [4.69, 9.17) is 4.74 Å². The van der Waals surface area contributed by atoms with Gasteiger partial charge in [-0.2, -0.15) is 0 Å². The maximum atomic E-state index is 13.1. The van der Waals surface area contributed by atoms with Crippen LogP contribution in [0.25, 0.3) is 10.9 Å². The van der Waals surface area contributed by atoms with E-state index in [1.807, 2.05) is 10.7 Å². The molecule has 2 heterocycles. The monoisotopic (exact) mass is 438 g/mol. The molecule has 0 radical (unpaired) electrons. The van der Waals surface area contributed by atoms with Crippen LogP contribution in [0.15, 0.2) is 23.0 Å². The molecule has 0 amide bonds. The molecule has 1 aliphatic rings. The van der Waals surface area contributed by atoms with Crippen LogP contribution < -0.4 is 5.56 Å². The van der Waals surface area contributed by atoms with Gasteiger partial charge in [-0.25, -0.2) is 4.68 Å². The van der Waals surface area contributed by atoms with Gasteiger partial charge in [0.2, 0.25) is 0 Å². The van der Waals surface area contributed by atoms with Crippen LogP contribution in [0.3, 0.4) is 0 Å². The van der Waals surface area contributed by atoms with Crippen molar-refractivity contribution in [1.82, 2.24) is 30.1 Å². The molecule has 172 valence electrons. The van der Waals surface area contributed by atoms with Gasteiger partial charge in [-0.3, -0.25) is 9.69 Å². The first-order chi connectivity index (χ1) is 15.5. The van der Waals surface area contributed by atoms with Crippen molar-refractivity contribution >= 4 is 10.9 Å². The molecule has 1 saturated carbocycles. The summed E-state index contributed by atoms with van der Waals surface area (Å²) >= 11 is 0. The topological polar surface area (TPSA) is 88.9 Å². The van der Waals surface area contributed by atoms with E-state index in [-0.39, 0.29) is 11.6 Å². The Bertz CT molecular complexity index is 1120. The summed E-state index contributed by atoms with van der Waals surface area (Å²) in [6.07, 6.45) is 5.59. The van der Waals surface area contributed by atoms with Gasteiger partial charge in [0.25, 0.3) is 5.56 Å². The van der Waals surface area contributed by atoms with Crippen molar-refractivity contribution in [1.29, 1.82) is 0 Å². The SMILES string of the molecule is CC[C@H](c1nnnn1CCOC)N(Cc1cc2c(C)cc(C)cc2[nH]c1=O)C1CCCC1. The van der Waals surface area contributed by atoms with E-state index in [9.17, 15) is 4.79 Å². The first kappa shape index (κ1) is 22.6. The number of aryl methyl sites for hydroxylation is 2. The molecule has 4 rings (SSSR count). The van der Waals surface area contributed by atoms with Gasteiger partial charge in [-0.15, -0.1) is 5.10 Å². The molecule has 1 atom stereocenters. The van der Waals surface area contributed by atoms with Gasteiger partial charge in [0.1, 0.15) is 0 Å². The number of hydrogen-bond acceptors (Lipinski definition) is 6. The molecule has 0 bridgehead atoms. The normalized spacial score (nSPS) is 15.8. The zero-order chi connectivity index (χ0) is 22.7. The second-order valence-corrected chi connectivity index (χ2v) is 8.95. The van der Waals surface area contributed by atoms with Crippen molar-refractivity contribution in [3.8, 4) is 0 Å². The molecule has 32 heavy (non-hydrogen) atoms. The summed E-state index contributed by atoms with van der Waals surface area (Å²) in [6.45, 7) is 8.08. The van der Waals surface area contributed by atoms with E-state index < -0.39 is 0 Å². The third kappa shape index (κ3) is 4.61. The van der Waals surface area contributed by atoms with Crippen molar-refractivity contribution in [2.24, 2.45) is 0 Å². The number of H-pyrrole nitrogens is 1. The van der Waals surface area contributed by atoms with E-state index in [1.165, 1.54) is 18.4 Å². The molecule has 2 aromatic heterocycles.